The Bertz CT molecular complexity index is 506. The van der Waals surface area contributed by atoms with E-state index in [-0.39, 0.29) is 5.82 Å². The fourth-order valence-electron chi connectivity index (χ4n) is 1.63. The lowest BCUT2D eigenvalue weighted by Gasteiger charge is -2.04. The quantitative estimate of drug-likeness (QED) is 0.489. The van der Waals surface area contributed by atoms with Crippen LogP contribution in [0.2, 0.25) is 0 Å². The first-order chi connectivity index (χ1) is 8.29. The van der Waals surface area contributed by atoms with Gasteiger partial charge in [0.1, 0.15) is 5.82 Å². The Labute approximate surface area is 99.0 Å². The summed E-state index contributed by atoms with van der Waals surface area (Å²) in [6.45, 7) is 0. The number of benzene rings is 2. The van der Waals surface area contributed by atoms with E-state index < -0.39 is 0 Å². The molecule has 2 aromatic rings. The number of halogens is 1. The van der Waals surface area contributed by atoms with E-state index in [2.05, 4.69) is 5.16 Å². The Balaban J connectivity index is 2.21. The molecule has 0 fully saturated rings. The van der Waals surface area contributed by atoms with Crippen molar-refractivity contribution >= 4 is 5.71 Å². The molecule has 0 aliphatic heterocycles. The van der Waals surface area contributed by atoms with Crippen LogP contribution >= 0.6 is 0 Å². The van der Waals surface area contributed by atoms with Crippen molar-refractivity contribution in [3.8, 4) is 0 Å². The average molecular weight is 229 g/mol. The van der Waals surface area contributed by atoms with Crippen molar-refractivity contribution in [3.05, 3.63) is 71.5 Å². The first kappa shape index (κ1) is 11.3. The first-order valence-corrected chi connectivity index (χ1v) is 5.30. The summed E-state index contributed by atoms with van der Waals surface area (Å²) in [5.74, 6) is -0.300. The maximum absolute atomic E-state index is 12.8. The molecule has 0 radical (unpaired) electrons. The standard InChI is InChI=1S/C14H12FNO/c15-13-8-6-12(7-9-13)14(16-17)10-11-4-2-1-3-5-11/h1-9,17H,10H2. The lowest BCUT2D eigenvalue weighted by molar-refractivity contribution is 0.318. The molecule has 2 rings (SSSR count). The minimum Gasteiger partial charge on any atom is -0.411 e. The van der Waals surface area contributed by atoms with Gasteiger partial charge in [0.15, 0.2) is 0 Å². The van der Waals surface area contributed by atoms with Gasteiger partial charge in [0.2, 0.25) is 0 Å². The number of hydrogen-bond acceptors (Lipinski definition) is 2. The molecule has 0 bridgehead atoms. The van der Waals surface area contributed by atoms with E-state index in [9.17, 15) is 4.39 Å². The number of hydrogen-bond donors (Lipinski definition) is 1. The van der Waals surface area contributed by atoms with Gasteiger partial charge in [0.05, 0.1) is 5.71 Å². The van der Waals surface area contributed by atoms with E-state index in [0.29, 0.717) is 12.1 Å². The highest BCUT2D eigenvalue weighted by Crippen LogP contribution is 2.09. The highest BCUT2D eigenvalue weighted by molar-refractivity contribution is 6.01. The highest BCUT2D eigenvalue weighted by atomic mass is 19.1. The molecule has 3 heteroatoms. The van der Waals surface area contributed by atoms with E-state index >= 15 is 0 Å². The third-order valence-corrected chi connectivity index (χ3v) is 2.51. The van der Waals surface area contributed by atoms with Crippen LogP contribution in [0, 0.1) is 5.82 Å². The van der Waals surface area contributed by atoms with E-state index in [0.717, 1.165) is 11.1 Å². The molecule has 0 aromatic heterocycles. The van der Waals surface area contributed by atoms with Gasteiger partial charge in [-0.25, -0.2) is 4.39 Å². The van der Waals surface area contributed by atoms with Gasteiger partial charge in [-0.05, 0) is 23.3 Å². The molecule has 1 N–H and O–H groups in total. The molecule has 0 saturated carbocycles. The van der Waals surface area contributed by atoms with Crippen molar-refractivity contribution in [2.24, 2.45) is 5.16 Å². The summed E-state index contributed by atoms with van der Waals surface area (Å²) >= 11 is 0. The van der Waals surface area contributed by atoms with Crippen molar-refractivity contribution in [2.45, 2.75) is 6.42 Å². The fraction of sp³-hybridized carbons (Fsp3) is 0.0714. The molecule has 2 aromatic carbocycles. The largest absolute Gasteiger partial charge is 0.411 e. The highest BCUT2D eigenvalue weighted by Gasteiger charge is 2.05. The van der Waals surface area contributed by atoms with E-state index in [4.69, 9.17) is 5.21 Å². The smallest absolute Gasteiger partial charge is 0.123 e. The van der Waals surface area contributed by atoms with Crippen LogP contribution in [0.15, 0.2) is 59.8 Å². The second-order valence-electron chi connectivity index (χ2n) is 3.72. The van der Waals surface area contributed by atoms with Gasteiger partial charge in [-0.3, -0.25) is 0 Å². The predicted octanol–water partition coefficient (Wildman–Crippen LogP) is 3.25. The number of nitrogens with zero attached hydrogens (tertiary/aromatic N) is 1. The molecule has 0 heterocycles. The lowest BCUT2D eigenvalue weighted by atomic mass is 10.0. The molecule has 17 heavy (non-hydrogen) atoms. The van der Waals surface area contributed by atoms with Crippen LogP contribution in [0.5, 0.6) is 0 Å². The molecule has 2 nitrogen and oxygen atoms in total. The second kappa shape index (κ2) is 5.25. The van der Waals surface area contributed by atoms with E-state index in [1.54, 1.807) is 12.1 Å². The van der Waals surface area contributed by atoms with Crippen molar-refractivity contribution in [2.75, 3.05) is 0 Å². The van der Waals surface area contributed by atoms with Crippen LogP contribution < -0.4 is 0 Å². The van der Waals surface area contributed by atoms with E-state index in [1.807, 2.05) is 30.3 Å². The molecule has 0 aliphatic rings. The maximum Gasteiger partial charge on any atom is 0.123 e. The molecule has 86 valence electrons. The predicted molar refractivity (Wildman–Crippen MR) is 64.9 cm³/mol. The normalized spacial score (nSPS) is 11.5. The molecule has 0 spiro atoms. The van der Waals surface area contributed by atoms with Gasteiger partial charge < -0.3 is 5.21 Å². The zero-order valence-corrected chi connectivity index (χ0v) is 9.18. The zero-order valence-electron chi connectivity index (χ0n) is 9.18. The van der Waals surface area contributed by atoms with Crippen molar-refractivity contribution in [1.29, 1.82) is 0 Å². The van der Waals surface area contributed by atoms with Crippen LogP contribution in [-0.4, -0.2) is 10.9 Å². The third kappa shape index (κ3) is 2.91. The van der Waals surface area contributed by atoms with Crippen molar-refractivity contribution in [3.63, 3.8) is 0 Å². The van der Waals surface area contributed by atoms with Crippen molar-refractivity contribution in [1.82, 2.24) is 0 Å². The summed E-state index contributed by atoms with van der Waals surface area (Å²) in [4.78, 5) is 0. The number of rotatable bonds is 3. The molecule has 0 atom stereocenters. The molecule has 0 saturated heterocycles. The van der Waals surface area contributed by atoms with Gasteiger partial charge in [-0.1, -0.05) is 47.6 Å². The van der Waals surface area contributed by atoms with Gasteiger partial charge in [0, 0.05) is 6.42 Å². The van der Waals surface area contributed by atoms with Crippen LogP contribution in [0.4, 0.5) is 4.39 Å². The van der Waals surface area contributed by atoms with Crippen LogP contribution in [-0.2, 0) is 6.42 Å². The Morgan fingerprint density at radius 1 is 1.00 bits per heavy atom. The minimum absolute atomic E-state index is 0.300. The van der Waals surface area contributed by atoms with E-state index in [1.165, 1.54) is 12.1 Å². The molecule has 0 aliphatic carbocycles. The molecular weight excluding hydrogens is 217 g/mol. The molecular formula is C14H12FNO. The second-order valence-corrected chi connectivity index (χ2v) is 3.72. The Kier molecular flexibility index (Phi) is 3.50. The maximum atomic E-state index is 12.8. The van der Waals surface area contributed by atoms with Gasteiger partial charge in [-0.2, -0.15) is 0 Å². The summed E-state index contributed by atoms with van der Waals surface area (Å²) < 4.78 is 12.8. The van der Waals surface area contributed by atoms with Crippen LogP contribution in [0.3, 0.4) is 0 Å². The monoisotopic (exact) mass is 229 g/mol. The summed E-state index contributed by atoms with van der Waals surface area (Å²) in [5, 5.41) is 12.3. The molecule has 0 amide bonds. The summed E-state index contributed by atoms with van der Waals surface area (Å²) in [5.41, 5.74) is 2.29. The Morgan fingerprint density at radius 3 is 2.24 bits per heavy atom. The minimum atomic E-state index is -0.300. The summed E-state index contributed by atoms with van der Waals surface area (Å²) in [6, 6.07) is 15.6. The van der Waals surface area contributed by atoms with Gasteiger partial charge in [0.25, 0.3) is 0 Å². The Hall–Kier alpha value is -2.16. The summed E-state index contributed by atoms with van der Waals surface area (Å²) in [7, 11) is 0. The fourth-order valence-corrected chi connectivity index (χ4v) is 1.63. The topological polar surface area (TPSA) is 32.6 Å². The zero-order chi connectivity index (χ0) is 12.1. The van der Waals surface area contributed by atoms with Crippen LogP contribution in [0.25, 0.3) is 0 Å². The van der Waals surface area contributed by atoms with Gasteiger partial charge >= 0.3 is 0 Å². The SMILES string of the molecule is ON=C(Cc1ccccc1)c1ccc(F)cc1. The first-order valence-electron chi connectivity index (χ1n) is 5.30. The lowest BCUT2D eigenvalue weighted by Crippen LogP contribution is -2.05. The third-order valence-electron chi connectivity index (χ3n) is 2.51. The van der Waals surface area contributed by atoms with Crippen molar-refractivity contribution < 1.29 is 9.60 Å². The Morgan fingerprint density at radius 2 is 1.65 bits per heavy atom. The average Bonchev–Trinajstić information content (AvgIpc) is 2.38. The molecule has 0 unspecified atom stereocenters. The number of oxime groups is 1. The van der Waals surface area contributed by atoms with Gasteiger partial charge in [-0.15, -0.1) is 0 Å². The summed E-state index contributed by atoms with van der Waals surface area (Å²) in [6.07, 6.45) is 0.517. The van der Waals surface area contributed by atoms with Crippen LogP contribution in [0.1, 0.15) is 11.1 Å².